The molecule has 0 aliphatic carbocycles. The smallest absolute Gasteiger partial charge is 0.300 e. The molecule has 0 spiro atoms. The molecule has 3 aromatic carbocycles. The number of Topliss-reactive ketones (excluding diaryl/α,β-unsaturated/α-hetero) is 1. The summed E-state index contributed by atoms with van der Waals surface area (Å²) >= 11 is 0. The van der Waals surface area contributed by atoms with Crippen molar-refractivity contribution in [2.75, 3.05) is 12.0 Å². The van der Waals surface area contributed by atoms with Crippen molar-refractivity contribution >= 4 is 23.1 Å². The van der Waals surface area contributed by atoms with E-state index in [9.17, 15) is 19.1 Å². The number of hydrogen-bond acceptors (Lipinski definition) is 4. The van der Waals surface area contributed by atoms with Crippen LogP contribution < -0.4 is 9.64 Å². The van der Waals surface area contributed by atoms with Crippen LogP contribution in [0.25, 0.3) is 5.76 Å². The standard InChI is InChI=1S/C24H18FNO4/c1-30-19-13-7-16(8-14-19)22(27)20-21(15-5-3-2-4-6-15)26(24(29)23(20)28)18-11-9-17(25)10-12-18/h2-14,21,27H,1H3/b22-20-. The van der Waals surface area contributed by atoms with Crippen molar-refractivity contribution in [1.29, 1.82) is 0 Å². The fourth-order valence-electron chi connectivity index (χ4n) is 3.56. The lowest BCUT2D eigenvalue weighted by Gasteiger charge is -2.25. The minimum absolute atomic E-state index is 0.0271. The highest BCUT2D eigenvalue weighted by Gasteiger charge is 2.46. The number of halogens is 1. The zero-order valence-corrected chi connectivity index (χ0v) is 16.1. The van der Waals surface area contributed by atoms with E-state index in [0.717, 1.165) is 0 Å². The van der Waals surface area contributed by atoms with Gasteiger partial charge in [0, 0.05) is 11.3 Å². The molecule has 30 heavy (non-hydrogen) atoms. The van der Waals surface area contributed by atoms with Crippen molar-refractivity contribution in [3.8, 4) is 5.75 Å². The third-order valence-corrected chi connectivity index (χ3v) is 5.03. The number of ether oxygens (including phenoxy) is 1. The summed E-state index contributed by atoms with van der Waals surface area (Å²) in [6.45, 7) is 0. The Balaban J connectivity index is 1.90. The fraction of sp³-hybridized carbons (Fsp3) is 0.0833. The average Bonchev–Trinajstić information content (AvgIpc) is 3.05. The van der Waals surface area contributed by atoms with Gasteiger partial charge in [-0.3, -0.25) is 14.5 Å². The topological polar surface area (TPSA) is 66.8 Å². The lowest BCUT2D eigenvalue weighted by atomic mass is 9.95. The second kappa shape index (κ2) is 7.83. The third-order valence-electron chi connectivity index (χ3n) is 5.03. The molecule has 1 N–H and O–H groups in total. The highest BCUT2D eigenvalue weighted by atomic mass is 19.1. The van der Waals surface area contributed by atoms with Gasteiger partial charge in [-0.15, -0.1) is 0 Å². The molecule has 1 heterocycles. The molecule has 1 atom stereocenters. The van der Waals surface area contributed by atoms with Crippen molar-refractivity contribution in [1.82, 2.24) is 0 Å². The number of methoxy groups -OCH3 is 1. The maximum absolute atomic E-state index is 13.4. The van der Waals surface area contributed by atoms with E-state index in [4.69, 9.17) is 4.74 Å². The number of aliphatic hydroxyl groups excluding tert-OH is 1. The minimum Gasteiger partial charge on any atom is -0.507 e. The van der Waals surface area contributed by atoms with E-state index in [1.165, 1.54) is 36.3 Å². The Morgan fingerprint density at radius 1 is 0.933 bits per heavy atom. The van der Waals surface area contributed by atoms with Gasteiger partial charge >= 0.3 is 0 Å². The van der Waals surface area contributed by atoms with Crippen LogP contribution in [0, 0.1) is 5.82 Å². The Kier molecular flexibility index (Phi) is 5.06. The van der Waals surface area contributed by atoms with Crippen molar-refractivity contribution in [3.05, 3.63) is 101 Å². The molecule has 4 rings (SSSR count). The van der Waals surface area contributed by atoms with Crippen molar-refractivity contribution in [2.45, 2.75) is 6.04 Å². The highest BCUT2D eigenvalue weighted by Crippen LogP contribution is 2.42. The molecule has 1 aliphatic heterocycles. The minimum atomic E-state index is -0.848. The number of anilines is 1. The summed E-state index contributed by atoms with van der Waals surface area (Å²) in [7, 11) is 1.53. The van der Waals surface area contributed by atoms with Gasteiger partial charge in [0.1, 0.15) is 17.3 Å². The number of ketones is 1. The second-order valence-electron chi connectivity index (χ2n) is 6.78. The van der Waals surface area contributed by atoms with Gasteiger partial charge in [-0.1, -0.05) is 30.3 Å². The summed E-state index contributed by atoms with van der Waals surface area (Å²) in [5, 5.41) is 11.0. The molecule has 0 aromatic heterocycles. The first kappa shape index (κ1) is 19.4. The first-order valence-corrected chi connectivity index (χ1v) is 9.27. The second-order valence-corrected chi connectivity index (χ2v) is 6.78. The van der Waals surface area contributed by atoms with Crippen LogP contribution in [-0.4, -0.2) is 23.9 Å². The van der Waals surface area contributed by atoms with Crippen LogP contribution in [0.4, 0.5) is 10.1 Å². The van der Waals surface area contributed by atoms with Gasteiger partial charge in [0.05, 0.1) is 18.7 Å². The van der Waals surface area contributed by atoms with E-state index in [-0.39, 0.29) is 11.3 Å². The normalized spacial score (nSPS) is 17.9. The molecule has 150 valence electrons. The molecule has 1 aliphatic rings. The van der Waals surface area contributed by atoms with E-state index < -0.39 is 23.5 Å². The van der Waals surface area contributed by atoms with E-state index in [0.29, 0.717) is 22.6 Å². The van der Waals surface area contributed by atoms with E-state index >= 15 is 0 Å². The van der Waals surface area contributed by atoms with Crippen LogP contribution in [0.3, 0.4) is 0 Å². The number of carbonyl (C=O) groups excluding carboxylic acids is 2. The first-order chi connectivity index (χ1) is 14.5. The number of amides is 1. The van der Waals surface area contributed by atoms with Crippen LogP contribution in [0.15, 0.2) is 84.4 Å². The highest BCUT2D eigenvalue weighted by molar-refractivity contribution is 6.51. The zero-order chi connectivity index (χ0) is 21.3. The van der Waals surface area contributed by atoms with Gasteiger partial charge < -0.3 is 9.84 Å². The van der Waals surface area contributed by atoms with Crippen LogP contribution in [0.1, 0.15) is 17.2 Å². The fourth-order valence-corrected chi connectivity index (χ4v) is 3.56. The van der Waals surface area contributed by atoms with E-state index in [2.05, 4.69) is 0 Å². The Morgan fingerprint density at radius 3 is 2.17 bits per heavy atom. The molecule has 1 amide bonds. The summed E-state index contributed by atoms with van der Waals surface area (Å²) in [5.41, 5.74) is 1.37. The predicted molar refractivity (Wildman–Crippen MR) is 111 cm³/mol. The van der Waals surface area contributed by atoms with Crippen molar-refractivity contribution in [2.24, 2.45) is 0 Å². The molecule has 6 heteroatoms. The average molecular weight is 403 g/mol. The third kappa shape index (κ3) is 3.33. The predicted octanol–water partition coefficient (Wildman–Crippen LogP) is 4.46. The van der Waals surface area contributed by atoms with Gasteiger partial charge in [-0.05, 0) is 54.1 Å². The summed E-state index contributed by atoms with van der Waals surface area (Å²) in [4.78, 5) is 27.2. The summed E-state index contributed by atoms with van der Waals surface area (Å²) in [6, 6.07) is 19.9. The maximum Gasteiger partial charge on any atom is 0.300 e. The molecule has 0 bridgehead atoms. The number of benzene rings is 3. The van der Waals surface area contributed by atoms with Gasteiger partial charge in [0.25, 0.3) is 11.7 Å². The van der Waals surface area contributed by atoms with Gasteiger partial charge in [-0.25, -0.2) is 4.39 Å². The SMILES string of the molecule is COc1ccc(/C(O)=C2/C(=O)C(=O)N(c3ccc(F)cc3)C2c2ccccc2)cc1. The molecule has 1 unspecified atom stereocenters. The Bertz CT molecular complexity index is 1120. The van der Waals surface area contributed by atoms with Gasteiger partial charge in [0.2, 0.25) is 0 Å². The number of hydrogen-bond donors (Lipinski definition) is 1. The molecular formula is C24H18FNO4. The van der Waals surface area contributed by atoms with Crippen LogP contribution in [0.5, 0.6) is 5.75 Å². The molecule has 5 nitrogen and oxygen atoms in total. The Hall–Kier alpha value is -3.93. The molecule has 1 saturated heterocycles. The van der Waals surface area contributed by atoms with Crippen LogP contribution in [-0.2, 0) is 9.59 Å². The summed E-state index contributed by atoms with van der Waals surface area (Å²) in [5.74, 6) is -1.73. The number of rotatable bonds is 4. The summed E-state index contributed by atoms with van der Waals surface area (Å²) < 4.78 is 18.6. The van der Waals surface area contributed by atoms with Gasteiger partial charge in [0.15, 0.2) is 0 Å². The van der Waals surface area contributed by atoms with E-state index in [1.807, 2.05) is 6.07 Å². The molecule has 3 aromatic rings. The molecule has 1 fully saturated rings. The zero-order valence-electron chi connectivity index (χ0n) is 16.1. The van der Waals surface area contributed by atoms with E-state index in [1.54, 1.807) is 48.5 Å². The Morgan fingerprint density at radius 2 is 1.57 bits per heavy atom. The van der Waals surface area contributed by atoms with Crippen molar-refractivity contribution in [3.63, 3.8) is 0 Å². The number of aliphatic hydroxyl groups is 1. The van der Waals surface area contributed by atoms with Gasteiger partial charge in [-0.2, -0.15) is 0 Å². The number of nitrogens with zero attached hydrogens (tertiary/aromatic N) is 1. The number of carbonyl (C=O) groups is 2. The van der Waals surface area contributed by atoms with Crippen molar-refractivity contribution < 1.29 is 23.8 Å². The lowest BCUT2D eigenvalue weighted by molar-refractivity contribution is -0.132. The molecule has 0 saturated carbocycles. The maximum atomic E-state index is 13.4. The lowest BCUT2D eigenvalue weighted by Crippen LogP contribution is -2.29. The van der Waals surface area contributed by atoms with Crippen LogP contribution >= 0.6 is 0 Å². The molecule has 0 radical (unpaired) electrons. The summed E-state index contributed by atoms with van der Waals surface area (Å²) in [6.07, 6.45) is 0. The Labute approximate surface area is 172 Å². The largest absolute Gasteiger partial charge is 0.507 e. The first-order valence-electron chi connectivity index (χ1n) is 9.27. The molecular weight excluding hydrogens is 385 g/mol. The van der Waals surface area contributed by atoms with Crippen LogP contribution in [0.2, 0.25) is 0 Å². The quantitative estimate of drug-likeness (QED) is 0.397. The monoisotopic (exact) mass is 403 g/mol.